The van der Waals surface area contributed by atoms with Crippen molar-refractivity contribution in [2.24, 2.45) is 0 Å². The Hall–Kier alpha value is -4.55. The minimum absolute atomic E-state index is 0.0254. The largest absolute Gasteiger partial charge is 0.435 e. The SMILES string of the molecule is Nc1c(-c2ccc3n[nH]nc3c2)c(=O)n(-c2ccc(OC(F)F)cc2)c2cc(C(F)(F)F)cnc12. The number of benzene rings is 2. The van der Waals surface area contributed by atoms with E-state index in [9.17, 15) is 26.7 Å². The number of aromatic amines is 1. The van der Waals surface area contributed by atoms with Crippen molar-refractivity contribution in [3.05, 3.63) is 70.6 Å². The average Bonchev–Trinajstić information content (AvgIpc) is 3.27. The fourth-order valence-corrected chi connectivity index (χ4v) is 3.75. The summed E-state index contributed by atoms with van der Waals surface area (Å²) >= 11 is 0. The summed E-state index contributed by atoms with van der Waals surface area (Å²) in [6, 6.07) is 10.3. The number of aromatic nitrogens is 5. The summed E-state index contributed by atoms with van der Waals surface area (Å²) in [5.74, 6) is -0.192. The van der Waals surface area contributed by atoms with Gasteiger partial charge in [0.15, 0.2) is 0 Å². The van der Waals surface area contributed by atoms with E-state index in [2.05, 4.69) is 25.1 Å². The van der Waals surface area contributed by atoms with Gasteiger partial charge in [0.1, 0.15) is 22.3 Å². The second-order valence-electron chi connectivity index (χ2n) is 7.42. The lowest BCUT2D eigenvalue weighted by Gasteiger charge is -2.17. The van der Waals surface area contributed by atoms with Gasteiger partial charge in [0.05, 0.1) is 22.3 Å². The predicted octanol–water partition coefficient (Wildman–Crippen LogP) is 4.53. The smallest absolute Gasteiger partial charge is 0.417 e. The Morgan fingerprint density at radius 2 is 1.71 bits per heavy atom. The van der Waals surface area contributed by atoms with Crippen molar-refractivity contribution in [3.8, 4) is 22.6 Å². The molecule has 5 rings (SSSR count). The molecule has 5 aromatic rings. The number of H-pyrrole nitrogens is 1. The first kappa shape index (κ1) is 22.3. The van der Waals surface area contributed by atoms with Gasteiger partial charge >= 0.3 is 12.8 Å². The van der Waals surface area contributed by atoms with Crippen molar-refractivity contribution in [1.82, 2.24) is 25.0 Å². The molecule has 35 heavy (non-hydrogen) atoms. The van der Waals surface area contributed by atoms with Crippen LogP contribution in [0.4, 0.5) is 27.6 Å². The number of nitrogens with two attached hydrogens (primary N) is 1. The van der Waals surface area contributed by atoms with E-state index in [1.807, 2.05) is 0 Å². The lowest BCUT2D eigenvalue weighted by molar-refractivity contribution is -0.137. The molecular formula is C22H13F5N6O2. The molecule has 0 atom stereocenters. The molecule has 0 saturated heterocycles. The molecule has 0 radical (unpaired) electrons. The zero-order valence-corrected chi connectivity index (χ0v) is 17.3. The van der Waals surface area contributed by atoms with E-state index in [1.54, 1.807) is 18.2 Å². The van der Waals surface area contributed by atoms with Gasteiger partial charge in [-0.2, -0.15) is 37.4 Å². The zero-order valence-electron chi connectivity index (χ0n) is 17.3. The number of hydrogen-bond donors (Lipinski definition) is 2. The van der Waals surface area contributed by atoms with Crippen LogP contribution in [0.2, 0.25) is 0 Å². The van der Waals surface area contributed by atoms with Crippen LogP contribution in [0.15, 0.2) is 59.5 Å². The Morgan fingerprint density at radius 3 is 2.40 bits per heavy atom. The van der Waals surface area contributed by atoms with Crippen molar-refractivity contribution in [2.75, 3.05) is 5.73 Å². The molecule has 3 aromatic heterocycles. The van der Waals surface area contributed by atoms with Crippen LogP contribution in [0, 0.1) is 0 Å². The number of rotatable bonds is 4. The van der Waals surface area contributed by atoms with E-state index < -0.39 is 23.9 Å². The summed E-state index contributed by atoms with van der Waals surface area (Å²) in [6.45, 7) is -3.07. The topological polar surface area (TPSA) is 112 Å². The molecule has 0 aliphatic heterocycles. The van der Waals surface area contributed by atoms with Gasteiger partial charge in [-0.1, -0.05) is 6.07 Å². The Labute approximate surface area is 191 Å². The number of nitrogen functional groups attached to an aromatic ring is 1. The second kappa shape index (κ2) is 8.04. The molecule has 8 nitrogen and oxygen atoms in total. The van der Waals surface area contributed by atoms with Gasteiger partial charge in [0.25, 0.3) is 5.56 Å². The standard InChI is InChI=1S/C22H13F5N6O2/c23-21(24)35-13-4-2-12(3-5-13)33-16-8-11(22(25,26)27)9-29-19(16)18(28)17(20(33)34)10-1-6-14-15(7-10)31-32-30-14/h1-9,21H,28H2,(H,30,31,32). The van der Waals surface area contributed by atoms with Gasteiger partial charge in [-0.15, -0.1) is 0 Å². The summed E-state index contributed by atoms with van der Waals surface area (Å²) in [6.07, 6.45) is -4.11. The lowest BCUT2D eigenvalue weighted by atomic mass is 10.0. The molecule has 0 unspecified atom stereocenters. The molecule has 0 aliphatic rings. The monoisotopic (exact) mass is 488 g/mol. The van der Waals surface area contributed by atoms with Crippen LogP contribution in [0.25, 0.3) is 38.9 Å². The van der Waals surface area contributed by atoms with Crippen molar-refractivity contribution < 1.29 is 26.7 Å². The third-order valence-electron chi connectivity index (χ3n) is 5.30. The number of anilines is 1. The minimum atomic E-state index is -4.73. The number of ether oxygens (including phenoxy) is 1. The molecule has 2 aromatic carbocycles. The first-order chi connectivity index (χ1) is 16.6. The molecule has 0 fully saturated rings. The summed E-state index contributed by atoms with van der Waals surface area (Å²) in [5, 5.41) is 10.4. The van der Waals surface area contributed by atoms with Crippen molar-refractivity contribution in [1.29, 1.82) is 0 Å². The number of pyridine rings is 2. The fourth-order valence-electron chi connectivity index (χ4n) is 3.75. The maximum Gasteiger partial charge on any atom is 0.417 e. The highest BCUT2D eigenvalue weighted by Crippen LogP contribution is 2.35. The van der Waals surface area contributed by atoms with E-state index in [-0.39, 0.29) is 33.7 Å². The van der Waals surface area contributed by atoms with Crippen molar-refractivity contribution in [3.63, 3.8) is 0 Å². The van der Waals surface area contributed by atoms with E-state index in [0.29, 0.717) is 22.8 Å². The van der Waals surface area contributed by atoms with Gasteiger partial charge < -0.3 is 10.5 Å². The normalized spacial score (nSPS) is 12.1. The molecule has 0 amide bonds. The first-order valence-corrected chi connectivity index (χ1v) is 9.91. The van der Waals surface area contributed by atoms with Crippen molar-refractivity contribution >= 4 is 27.8 Å². The van der Waals surface area contributed by atoms with Crippen LogP contribution in [-0.4, -0.2) is 31.6 Å². The fraction of sp³-hybridized carbons (Fsp3) is 0.0909. The molecular weight excluding hydrogens is 475 g/mol. The molecule has 178 valence electrons. The summed E-state index contributed by atoms with van der Waals surface area (Å²) < 4.78 is 70.6. The molecule has 0 aliphatic carbocycles. The zero-order chi connectivity index (χ0) is 24.9. The number of fused-ring (bicyclic) bond motifs is 2. The average molecular weight is 488 g/mol. The number of alkyl halides is 5. The number of halogens is 5. The van der Waals surface area contributed by atoms with Gasteiger partial charge in [0.2, 0.25) is 0 Å². The van der Waals surface area contributed by atoms with Crippen molar-refractivity contribution in [2.45, 2.75) is 12.8 Å². The summed E-state index contributed by atoms with van der Waals surface area (Å²) in [4.78, 5) is 17.6. The quantitative estimate of drug-likeness (QED) is 0.360. The van der Waals surface area contributed by atoms with Crippen LogP contribution < -0.4 is 16.0 Å². The summed E-state index contributed by atoms with van der Waals surface area (Å²) in [5.41, 5.74) is 5.37. The second-order valence-corrected chi connectivity index (χ2v) is 7.42. The molecule has 3 heterocycles. The van der Waals surface area contributed by atoms with Crippen LogP contribution in [-0.2, 0) is 6.18 Å². The molecule has 0 spiro atoms. The Kier molecular flexibility index (Phi) is 5.11. The number of nitrogens with zero attached hydrogens (tertiary/aromatic N) is 4. The van der Waals surface area contributed by atoms with E-state index in [1.165, 1.54) is 12.1 Å². The summed E-state index contributed by atoms with van der Waals surface area (Å²) in [7, 11) is 0. The Morgan fingerprint density at radius 1 is 1.00 bits per heavy atom. The van der Waals surface area contributed by atoms with Crippen LogP contribution >= 0.6 is 0 Å². The van der Waals surface area contributed by atoms with Gasteiger partial charge in [-0.25, -0.2) is 0 Å². The predicted molar refractivity (Wildman–Crippen MR) is 116 cm³/mol. The lowest BCUT2D eigenvalue weighted by Crippen LogP contribution is -2.23. The third-order valence-corrected chi connectivity index (χ3v) is 5.30. The third kappa shape index (κ3) is 3.90. The van der Waals surface area contributed by atoms with Crippen LogP contribution in [0.1, 0.15) is 5.56 Å². The van der Waals surface area contributed by atoms with E-state index in [4.69, 9.17) is 5.73 Å². The Bertz CT molecular complexity index is 1630. The first-order valence-electron chi connectivity index (χ1n) is 9.91. The maximum absolute atomic E-state index is 13.7. The molecule has 0 saturated carbocycles. The highest BCUT2D eigenvalue weighted by molar-refractivity contribution is 5.97. The van der Waals surface area contributed by atoms with Gasteiger partial charge in [0, 0.05) is 11.9 Å². The van der Waals surface area contributed by atoms with Crippen LogP contribution in [0.3, 0.4) is 0 Å². The van der Waals surface area contributed by atoms with E-state index >= 15 is 0 Å². The van der Waals surface area contributed by atoms with Gasteiger partial charge in [-0.3, -0.25) is 14.3 Å². The highest BCUT2D eigenvalue weighted by atomic mass is 19.4. The molecule has 0 bridgehead atoms. The number of nitrogens with one attached hydrogen (secondary N) is 1. The van der Waals surface area contributed by atoms with Crippen LogP contribution in [0.5, 0.6) is 5.75 Å². The molecule has 3 N–H and O–H groups in total. The minimum Gasteiger partial charge on any atom is -0.435 e. The van der Waals surface area contributed by atoms with E-state index in [0.717, 1.165) is 22.8 Å². The Balaban J connectivity index is 1.82. The highest BCUT2D eigenvalue weighted by Gasteiger charge is 2.32. The number of hydrogen-bond acceptors (Lipinski definition) is 6. The maximum atomic E-state index is 13.7. The van der Waals surface area contributed by atoms with Gasteiger partial charge in [-0.05, 0) is 48.0 Å². The molecule has 13 heteroatoms.